The van der Waals surface area contributed by atoms with Gasteiger partial charge in [-0.05, 0) is 13.8 Å². The van der Waals surface area contributed by atoms with Gasteiger partial charge in [-0.25, -0.2) is 0 Å². The summed E-state index contributed by atoms with van der Waals surface area (Å²) in [6.45, 7) is 4.69. The van der Waals surface area contributed by atoms with Crippen LogP contribution in [0.3, 0.4) is 0 Å². The first-order valence-corrected chi connectivity index (χ1v) is 7.37. The fourth-order valence-corrected chi connectivity index (χ4v) is 3.46. The highest BCUT2D eigenvalue weighted by Crippen LogP contribution is 2.38. The van der Waals surface area contributed by atoms with E-state index in [9.17, 15) is 10.2 Å². The summed E-state index contributed by atoms with van der Waals surface area (Å²) in [6.07, 6.45) is -2.71. The molecular formula is C12H22N2O4S. The van der Waals surface area contributed by atoms with Crippen LogP contribution in [-0.4, -0.2) is 76.9 Å². The molecule has 0 bridgehead atoms. The Bertz CT molecular complexity index is 355. The number of fused-ring (bicyclic) bond motifs is 1. The number of hydrogen-bond acceptors (Lipinski definition) is 7. The van der Waals surface area contributed by atoms with E-state index >= 15 is 0 Å². The van der Waals surface area contributed by atoms with Crippen LogP contribution in [0.2, 0.25) is 0 Å². The number of aliphatic hydroxyl groups excluding tert-OH is 2. The summed E-state index contributed by atoms with van der Waals surface area (Å²) < 4.78 is 11.1. The molecule has 0 unspecified atom stereocenters. The van der Waals surface area contributed by atoms with Gasteiger partial charge in [0.1, 0.15) is 29.8 Å². The number of ether oxygens (including phenoxy) is 2. The lowest BCUT2D eigenvalue weighted by molar-refractivity contribution is -0.186. The topological polar surface area (TPSA) is 74.5 Å². The molecule has 2 N–H and O–H groups in total. The Balaban J connectivity index is 2.12. The molecule has 110 valence electrons. The van der Waals surface area contributed by atoms with Gasteiger partial charge in [-0.15, -0.1) is 0 Å². The first-order valence-electron chi connectivity index (χ1n) is 6.49. The molecule has 0 aromatic carbocycles. The van der Waals surface area contributed by atoms with E-state index in [4.69, 9.17) is 9.47 Å². The quantitative estimate of drug-likeness (QED) is 0.755. The Hall–Kier alpha value is -0.340. The van der Waals surface area contributed by atoms with Crippen LogP contribution in [0, 0.1) is 0 Å². The molecule has 0 saturated carbocycles. The summed E-state index contributed by atoms with van der Waals surface area (Å²) in [5, 5.41) is 21.2. The molecule has 6 nitrogen and oxygen atoms in total. The van der Waals surface area contributed by atoms with Gasteiger partial charge in [0.2, 0.25) is 0 Å². The Morgan fingerprint density at radius 1 is 1.47 bits per heavy atom. The second-order valence-electron chi connectivity index (χ2n) is 4.93. The molecule has 0 aliphatic carbocycles. The van der Waals surface area contributed by atoms with Gasteiger partial charge >= 0.3 is 0 Å². The van der Waals surface area contributed by atoms with E-state index in [2.05, 4.69) is 4.99 Å². The number of methoxy groups -OCH3 is 1. The van der Waals surface area contributed by atoms with Crippen LogP contribution in [-0.2, 0) is 9.47 Å². The van der Waals surface area contributed by atoms with E-state index in [0.29, 0.717) is 0 Å². The number of aliphatic hydroxyl groups is 2. The van der Waals surface area contributed by atoms with Crippen molar-refractivity contribution in [1.29, 1.82) is 0 Å². The lowest BCUT2D eigenvalue weighted by Gasteiger charge is -2.40. The van der Waals surface area contributed by atoms with E-state index in [1.54, 1.807) is 7.11 Å². The molecule has 7 heteroatoms. The van der Waals surface area contributed by atoms with Crippen LogP contribution in [0.5, 0.6) is 0 Å². The smallest absolute Gasteiger partial charge is 0.162 e. The normalized spacial score (nSPS) is 39.7. The second kappa shape index (κ2) is 5.97. The minimum absolute atomic E-state index is 0.259. The molecule has 6 atom stereocenters. The molecule has 2 aliphatic rings. The average Bonchev–Trinajstić information content (AvgIpc) is 2.85. The van der Waals surface area contributed by atoms with Crippen LogP contribution in [0.4, 0.5) is 0 Å². The van der Waals surface area contributed by atoms with Crippen molar-refractivity contribution in [1.82, 2.24) is 4.90 Å². The fraction of sp³-hybridized carbons (Fsp3) is 0.917. The first kappa shape index (κ1) is 15.1. The molecule has 2 rings (SSSR count). The van der Waals surface area contributed by atoms with Gasteiger partial charge in [-0.2, -0.15) is 0 Å². The highest BCUT2D eigenvalue weighted by molar-refractivity contribution is 8.14. The standard InChI is InChI=1S/C12H22N2O4S/c1-5-14(3)12-13-7-8(15)9(16)10(6(2)17-4)18-11(7)19-12/h6-11,15-16H,5H2,1-4H3/t6-,7+,8+,9-,10+,11+/m0/s1. The third kappa shape index (κ3) is 2.75. The third-order valence-corrected chi connectivity index (χ3v) is 4.97. The fourth-order valence-electron chi connectivity index (χ4n) is 2.22. The Morgan fingerprint density at radius 2 is 2.16 bits per heavy atom. The summed E-state index contributed by atoms with van der Waals surface area (Å²) in [5.41, 5.74) is -0.259. The summed E-state index contributed by atoms with van der Waals surface area (Å²) in [5.74, 6) is 0. The van der Waals surface area contributed by atoms with Crippen molar-refractivity contribution in [2.45, 2.75) is 49.7 Å². The Kier molecular flexibility index (Phi) is 4.73. The van der Waals surface area contributed by atoms with Crippen molar-refractivity contribution in [3.8, 4) is 0 Å². The monoisotopic (exact) mass is 290 g/mol. The molecular weight excluding hydrogens is 268 g/mol. The molecule has 0 spiro atoms. The minimum Gasteiger partial charge on any atom is -0.388 e. The summed E-state index contributed by atoms with van der Waals surface area (Å²) in [4.78, 5) is 6.46. The average molecular weight is 290 g/mol. The molecule has 2 heterocycles. The molecule has 0 aromatic heterocycles. The number of aliphatic imine (C=N–C) groups is 1. The van der Waals surface area contributed by atoms with Gasteiger partial charge in [0, 0.05) is 20.7 Å². The van der Waals surface area contributed by atoms with Gasteiger partial charge in [-0.1, -0.05) is 11.8 Å². The second-order valence-corrected chi connectivity index (χ2v) is 5.99. The Labute approximate surface area is 117 Å². The molecule has 0 radical (unpaired) electrons. The van der Waals surface area contributed by atoms with Gasteiger partial charge in [-0.3, -0.25) is 4.99 Å². The molecule has 1 saturated heterocycles. The summed E-state index contributed by atoms with van der Waals surface area (Å²) >= 11 is 1.49. The number of rotatable bonds is 3. The molecule has 19 heavy (non-hydrogen) atoms. The number of nitrogens with zero attached hydrogens (tertiary/aromatic N) is 2. The lowest BCUT2D eigenvalue weighted by atomic mass is 9.95. The zero-order valence-corrected chi connectivity index (χ0v) is 12.5. The zero-order valence-electron chi connectivity index (χ0n) is 11.7. The number of hydrogen-bond donors (Lipinski definition) is 2. The van der Waals surface area contributed by atoms with Crippen molar-refractivity contribution >= 4 is 16.9 Å². The summed E-state index contributed by atoms with van der Waals surface area (Å²) in [6, 6.07) is -0.413. The van der Waals surface area contributed by atoms with E-state index < -0.39 is 24.4 Å². The van der Waals surface area contributed by atoms with Crippen molar-refractivity contribution in [3.63, 3.8) is 0 Å². The van der Waals surface area contributed by atoms with Crippen molar-refractivity contribution in [2.75, 3.05) is 20.7 Å². The number of amidine groups is 1. The van der Waals surface area contributed by atoms with Crippen LogP contribution >= 0.6 is 11.8 Å². The highest BCUT2D eigenvalue weighted by atomic mass is 32.2. The summed E-state index contributed by atoms with van der Waals surface area (Å²) in [7, 11) is 3.51. The van der Waals surface area contributed by atoms with Crippen molar-refractivity contribution in [3.05, 3.63) is 0 Å². The van der Waals surface area contributed by atoms with E-state index in [-0.39, 0.29) is 11.5 Å². The SMILES string of the molecule is CCN(C)C1=N[C@@H]2[C@@H](O)[C@H](O)[C@@H]([C@H](C)OC)O[C@@H]2S1. The number of thioether (sulfide) groups is 1. The van der Waals surface area contributed by atoms with Gasteiger partial charge < -0.3 is 24.6 Å². The molecule has 2 aliphatic heterocycles. The lowest BCUT2D eigenvalue weighted by Crippen LogP contribution is -2.58. The Morgan fingerprint density at radius 3 is 2.74 bits per heavy atom. The molecule has 0 amide bonds. The minimum atomic E-state index is -0.980. The maximum atomic E-state index is 10.2. The predicted octanol–water partition coefficient (Wildman–Crippen LogP) is -0.109. The molecule has 1 fully saturated rings. The zero-order chi connectivity index (χ0) is 14.2. The van der Waals surface area contributed by atoms with Gasteiger partial charge in [0.05, 0.1) is 6.10 Å². The first-order chi connectivity index (χ1) is 8.99. The van der Waals surface area contributed by atoms with Gasteiger partial charge in [0.25, 0.3) is 0 Å². The maximum Gasteiger partial charge on any atom is 0.162 e. The van der Waals surface area contributed by atoms with E-state index in [0.717, 1.165) is 11.7 Å². The highest BCUT2D eigenvalue weighted by Gasteiger charge is 2.50. The third-order valence-electron chi connectivity index (χ3n) is 3.72. The largest absolute Gasteiger partial charge is 0.388 e. The van der Waals surface area contributed by atoms with Crippen molar-refractivity contribution in [2.24, 2.45) is 4.99 Å². The van der Waals surface area contributed by atoms with Gasteiger partial charge in [0.15, 0.2) is 5.17 Å². The van der Waals surface area contributed by atoms with E-state index in [1.165, 1.54) is 11.8 Å². The van der Waals surface area contributed by atoms with Crippen LogP contribution in [0.25, 0.3) is 0 Å². The molecule has 0 aromatic rings. The van der Waals surface area contributed by atoms with Crippen LogP contribution in [0.15, 0.2) is 4.99 Å². The van der Waals surface area contributed by atoms with E-state index in [1.807, 2.05) is 25.8 Å². The predicted molar refractivity (Wildman–Crippen MR) is 74.3 cm³/mol. The van der Waals surface area contributed by atoms with Crippen molar-refractivity contribution < 1.29 is 19.7 Å². The maximum absolute atomic E-state index is 10.2. The van der Waals surface area contributed by atoms with Crippen LogP contribution in [0.1, 0.15) is 13.8 Å². The van der Waals surface area contributed by atoms with Crippen LogP contribution < -0.4 is 0 Å².